The molecule has 0 unspecified atom stereocenters. The lowest BCUT2D eigenvalue weighted by Gasteiger charge is -2.08. The highest BCUT2D eigenvalue weighted by Crippen LogP contribution is 2.28. The van der Waals surface area contributed by atoms with E-state index in [2.05, 4.69) is 20.4 Å². The van der Waals surface area contributed by atoms with Gasteiger partial charge in [-0.3, -0.25) is 9.78 Å². The Kier molecular flexibility index (Phi) is 4.70. The average Bonchev–Trinajstić information content (AvgIpc) is 3.20. The standard InChI is InChI=1S/C21H16N4O2/c26-19(13-15-7-2-1-3-8-15)23-18-11-5-4-10-17(18)21-24-20(25-27-21)16-9-6-12-22-14-16/h1-12,14H,13H2,(H,23,26). The van der Waals surface area contributed by atoms with Gasteiger partial charge >= 0.3 is 0 Å². The van der Waals surface area contributed by atoms with Crippen molar-refractivity contribution in [2.45, 2.75) is 6.42 Å². The first kappa shape index (κ1) is 16.7. The van der Waals surface area contributed by atoms with Gasteiger partial charge in [0.25, 0.3) is 5.89 Å². The number of para-hydroxylation sites is 1. The summed E-state index contributed by atoms with van der Waals surface area (Å²) in [6.45, 7) is 0. The van der Waals surface area contributed by atoms with Gasteiger partial charge in [0.2, 0.25) is 11.7 Å². The Labute approximate surface area is 155 Å². The van der Waals surface area contributed by atoms with Crippen LogP contribution in [0.15, 0.2) is 83.6 Å². The van der Waals surface area contributed by atoms with Gasteiger partial charge in [0.1, 0.15) is 0 Å². The van der Waals surface area contributed by atoms with Crippen LogP contribution < -0.4 is 5.32 Å². The molecule has 6 heteroatoms. The average molecular weight is 356 g/mol. The summed E-state index contributed by atoms with van der Waals surface area (Å²) in [5.74, 6) is 0.675. The molecule has 0 atom stereocenters. The van der Waals surface area contributed by atoms with Crippen molar-refractivity contribution in [3.8, 4) is 22.8 Å². The lowest BCUT2D eigenvalue weighted by molar-refractivity contribution is -0.115. The molecule has 0 aliphatic carbocycles. The maximum absolute atomic E-state index is 12.4. The number of nitrogens with zero attached hydrogens (tertiary/aromatic N) is 3. The Hall–Kier alpha value is -3.80. The van der Waals surface area contributed by atoms with Gasteiger partial charge in [0.15, 0.2) is 0 Å². The second-order valence-corrected chi connectivity index (χ2v) is 5.92. The number of rotatable bonds is 5. The van der Waals surface area contributed by atoms with Gasteiger partial charge in [-0.05, 0) is 29.8 Å². The van der Waals surface area contributed by atoms with Crippen LogP contribution in [0.3, 0.4) is 0 Å². The predicted octanol–water partition coefficient (Wildman–Crippen LogP) is 3.98. The van der Waals surface area contributed by atoms with Gasteiger partial charge in [-0.15, -0.1) is 0 Å². The van der Waals surface area contributed by atoms with Gasteiger partial charge in [-0.1, -0.05) is 47.6 Å². The van der Waals surface area contributed by atoms with Gasteiger partial charge in [-0.25, -0.2) is 0 Å². The molecule has 2 aromatic carbocycles. The van der Waals surface area contributed by atoms with Crippen LogP contribution in [0, 0.1) is 0 Å². The Balaban J connectivity index is 1.57. The summed E-state index contributed by atoms with van der Waals surface area (Å²) in [6, 6.07) is 20.6. The van der Waals surface area contributed by atoms with E-state index in [9.17, 15) is 4.79 Å². The largest absolute Gasteiger partial charge is 0.334 e. The molecule has 0 saturated heterocycles. The summed E-state index contributed by atoms with van der Waals surface area (Å²) < 4.78 is 5.41. The normalized spacial score (nSPS) is 10.5. The molecule has 27 heavy (non-hydrogen) atoms. The molecule has 0 bridgehead atoms. The highest BCUT2D eigenvalue weighted by molar-refractivity contribution is 5.95. The second kappa shape index (κ2) is 7.61. The number of anilines is 1. The minimum atomic E-state index is -0.111. The molecule has 0 radical (unpaired) electrons. The van der Waals surface area contributed by atoms with E-state index in [-0.39, 0.29) is 5.91 Å². The molecule has 0 aliphatic heterocycles. The molecule has 2 aromatic heterocycles. The second-order valence-electron chi connectivity index (χ2n) is 5.92. The van der Waals surface area contributed by atoms with E-state index in [0.29, 0.717) is 29.4 Å². The van der Waals surface area contributed by atoms with Crippen molar-refractivity contribution in [3.63, 3.8) is 0 Å². The van der Waals surface area contributed by atoms with E-state index in [1.165, 1.54) is 0 Å². The van der Waals surface area contributed by atoms with E-state index in [0.717, 1.165) is 11.1 Å². The Morgan fingerprint density at radius 2 is 1.78 bits per heavy atom. The quantitative estimate of drug-likeness (QED) is 0.585. The van der Waals surface area contributed by atoms with Crippen LogP contribution in [0.25, 0.3) is 22.8 Å². The minimum absolute atomic E-state index is 0.111. The third-order valence-electron chi connectivity index (χ3n) is 3.98. The summed E-state index contributed by atoms with van der Waals surface area (Å²) in [7, 11) is 0. The fourth-order valence-corrected chi connectivity index (χ4v) is 2.70. The molecule has 4 rings (SSSR count). The fraction of sp³-hybridized carbons (Fsp3) is 0.0476. The van der Waals surface area contributed by atoms with Gasteiger partial charge < -0.3 is 9.84 Å². The third kappa shape index (κ3) is 3.90. The van der Waals surface area contributed by atoms with E-state index < -0.39 is 0 Å². The lowest BCUT2D eigenvalue weighted by Crippen LogP contribution is -2.14. The zero-order valence-electron chi connectivity index (χ0n) is 14.4. The molecule has 0 fully saturated rings. The number of aromatic nitrogens is 3. The summed E-state index contributed by atoms with van der Waals surface area (Å²) in [5, 5.41) is 6.94. The Bertz CT molecular complexity index is 1050. The predicted molar refractivity (Wildman–Crippen MR) is 102 cm³/mol. The number of amides is 1. The first-order chi connectivity index (χ1) is 13.3. The highest BCUT2D eigenvalue weighted by atomic mass is 16.5. The highest BCUT2D eigenvalue weighted by Gasteiger charge is 2.15. The fourth-order valence-electron chi connectivity index (χ4n) is 2.70. The van der Waals surface area contributed by atoms with Crippen molar-refractivity contribution in [3.05, 3.63) is 84.7 Å². The van der Waals surface area contributed by atoms with Crippen LogP contribution in [0.2, 0.25) is 0 Å². The van der Waals surface area contributed by atoms with Crippen LogP contribution >= 0.6 is 0 Å². The van der Waals surface area contributed by atoms with Crippen LogP contribution in [-0.4, -0.2) is 21.0 Å². The van der Waals surface area contributed by atoms with Crippen LogP contribution in [0.4, 0.5) is 5.69 Å². The van der Waals surface area contributed by atoms with Gasteiger partial charge in [0, 0.05) is 18.0 Å². The maximum Gasteiger partial charge on any atom is 0.260 e. The van der Waals surface area contributed by atoms with E-state index in [4.69, 9.17) is 4.52 Å². The van der Waals surface area contributed by atoms with Crippen molar-refractivity contribution < 1.29 is 9.32 Å². The number of pyridine rings is 1. The first-order valence-corrected chi connectivity index (χ1v) is 8.47. The number of benzene rings is 2. The molecule has 1 N–H and O–H groups in total. The summed E-state index contributed by atoms with van der Waals surface area (Å²) in [4.78, 5) is 20.9. The molecule has 0 saturated carbocycles. The zero-order chi connectivity index (χ0) is 18.5. The van der Waals surface area contributed by atoms with Gasteiger partial charge in [0.05, 0.1) is 17.7 Å². The molecule has 4 aromatic rings. The number of hydrogen-bond acceptors (Lipinski definition) is 5. The molecule has 6 nitrogen and oxygen atoms in total. The minimum Gasteiger partial charge on any atom is -0.334 e. The molecule has 0 aliphatic rings. The lowest BCUT2D eigenvalue weighted by atomic mass is 10.1. The van der Waals surface area contributed by atoms with Crippen molar-refractivity contribution >= 4 is 11.6 Å². The molecule has 2 heterocycles. The monoisotopic (exact) mass is 356 g/mol. The topological polar surface area (TPSA) is 80.9 Å². The summed E-state index contributed by atoms with van der Waals surface area (Å²) in [5.41, 5.74) is 3.00. The van der Waals surface area contributed by atoms with Crippen molar-refractivity contribution in [1.29, 1.82) is 0 Å². The number of hydrogen-bond donors (Lipinski definition) is 1. The van der Waals surface area contributed by atoms with Crippen LogP contribution in [0.5, 0.6) is 0 Å². The molecular weight excluding hydrogens is 340 g/mol. The van der Waals surface area contributed by atoms with E-state index in [1.807, 2.05) is 66.7 Å². The number of carbonyl (C=O) groups excluding carboxylic acids is 1. The third-order valence-corrected chi connectivity index (χ3v) is 3.98. The summed E-state index contributed by atoms with van der Waals surface area (Å²) >= 11 is 0. The molecule has 0 spiro atoms. The number of nitrogens with one attached hydrogen (secondary N) is 1. The van der Waals surface area contributed by atoms with Crippen molar-refractivity contribution in [2.24, 2.45) is 0 Å². The Morgan fingerprint density at radius 3 is 2.59 bits per heavy atom. The van der Waals surface area contributed by atoms with E-state index >= 15 is 0 Å². The summed E-state index contributed by atoms with van der Waals surface area (Å²) in [6.07, 6.45) is 3.64. The van der Waals surface area contributed by atoms with Crippen LogP contribution in [-0.2, 0) is 11.2 Å². The van der Waals surface area contributed by atoms with Crippen molar-refractivity contribution in [2.75, 3.05) is 5.32 Å². The smallest absolute Gasteiger partial charge is 0.260 e. The first-order valence-electron chi connectivity index (χ1n) is 8.47. The molecule has 132 valence electrons. The molecule has 1 amide bonds. The van der Waals surface area contributed by atoms with Gasteiger partial charge in [-0.2, -0.15) is 4.98 Å². The maximum atomic E-state index is 12.4. The Morgan fingerprint density at radius 1 is 0.963 bits per heavy atom. The van der Waals surface area contributed by atoms with Crippen molar-refractivity contribution in [1.82, 2.24) is 15.1 Å². The molecular formula is C21H16N4O2. The van der Waals surface area contributed by atoms with Crippen LogP contribution in [0.1, 0.15) is 5.56 Å². The SMILES string of the molecule is O=C(Cc1ccccc1)Nc1ccccc1-c1nc(-c2cccnc2)no1. The zero-order valence-corrected chi connectivity index (χ0v) is 14.4. The number of carbonyl (C=O) groups is 1. The van der Waals surface area contributed by atoms with E-state index in [1.54, 1.807) is 12.4 Å².